The fraction of sp³-hybridized carbons (Fsp3) is 0.800. The maximum atomic E-state index is 4.24. The van der Waals surface area contributed by atoms with Crippen LogP contribution in [0.5, 0.6) is 0 Å². The molecule has 1 atom stereocenters. The third-order valence-electron chi connectivity index (χ3n) is 4.00. The van der Waals surface area contributed by atoms with E-state index in [1.807, 2.05) is 17.9 Å². The van der Waals surface area contributed by atoms with Crippen molar-refractivity contribution in [1.82, 2.24) is 20.0 Å². The largest absolute Gasteiger partial charge is 0.312 e. The van der Waals surface area contributed by atoms with Crippen molar-refractivity contribution in [3.05, 3.63) is 18.0 Å². The minimum Gasteiger partial charge on any atom is -0.312 e. The van der Waals surface area contributed by atoms with Gasteiger partial charge in [0.05, 0.1) is 6.20 Å². The van der Waals surface area contributed by atoms with E-state index in [9.17, 15) is 0 Å². The van der Waals surface area contributed by atoms with Crippen molar-refractivity contribution >= 4 is 0 Å². The Morgan fingerprint density at radius 2 is 2.21 bits per heavy atom. The molecule has 1 fully saturated rings. The third kappa shape index (κ3) is 4.32. The summed E-state index contributed by atoms with van der Waals surface area (Å²) < 4.78 is 1.89. The molecule has 19 heavy (non-hydrogen) atoms. The minimum absolute atomic E-state index is 0.330. The Bertz CT molecular complexity index is 391. The Hall–Kier alpha value is -0.870. The molecule has 0 aromatic carbocycles. The summed E-state index contributed by atoms with van der Waals surface area (Å²) in [6.07, 6.45) is 6.46. The lowest BCUT2D eigenvalue weighted by Gasteiger charge is -2.33. The van der Waals surface area contributed by atoms with E-state index < -0.39 is 0 Å². The molecular formula is C15H28N4. The fourth-order valence-electron chi connectivity index (χ4n) is 2.66. The first kappa shape index (κ1) is 14.5. The summed E-state index contributed by atoms with van der Waals surface area (Å²) in [6, 6.07) is 0.587. The highest BCUT2D eigenvalue weighted by atomic mass is 15.2. The second-order valence-electron chi connectivity index (χ2n) is 6.80. The fourth-order valence-corrected chi connectivity index (χ4v) is 2.66. The number of nitrogens with zero attached hydrogens (tertiary/aromatic N) is 3. The zero-order valence-electron chi connectivity index (χ0n) is 12.8. The smallest absolute Gasteiger partial charge is 0.0522 e. The number of rotatable bonds is 3. The Balaban J connectivity index is 1.88. The molecule has 1 N–H and O–H groups in total. The van der Waals surface area contributed by atoms with Crippen molar-refractivity contribution < 1.29 is 0 Å². The maximum Gasteiger partial charge on any atom is 0.0522 e. The summed E-state index contributed by atoms with van der Waals surface area (Å²) in [4.78, 5) is 2.60. The van der Waals surface area contributed by atoms with Crippen LogP contribution in [-0.4, -0.2) is 46.9 Å². The van der Waals surface area contributed by atoms with Gasteiger partial charge in [-0.15, -0.1) is 0 Å². The lowest BCUT2D eigenvalue weighted by atomic mass is 9.86. The van der Waals surface area contributed by atoms with Crippen LogP contribution in [0.3, 0.4) is 0 Å². The normalized spacial score (nSPS) is 22.4. The van der Waals surface area contributed by atoms with Crippen molar-refractivity contribution in [3.63, 3.8) is 0 Å². The molecule has 108 valence electrons. The number of hydrogen-bond acceptors (Lipinski definition) is 3. The second-order valence-corrected chi connectivity index (χ2v) is 6.80. The topological polar surface area (TPSA) is 33.1 Å². The van der Waals surface area contributed by atoms with Crippen LogP contribution in [0.15, 0.2) is 12.4 Å². The number of aryl methyl sites for hydroxylation is 1. The summed E-state index contributed by atoms with van der Waals surface area (Å²) in [7, 11) is 1.98. The Kier molecular flexibility index (Phi) is 4.63. The average molecular weight is 264 g/mol. The van der Waals surface area contributed by atoms with Crippen molar-refractivity contribution in [2.75, 3.05) is 26.2 Å². The van der Waals surface area contributed by atoms with E-state index in [1.54, 1.807) is 0 Å². The van der Waals surface area contributed by atoms with Crippen molar-refractivity contribution in [1.29, 1.82) is 0 Å². The van der Waals surface area contributed by atoms with Gasteiger partial charge < -0.3 is 10.2 Å². The molecule has 4 nitrogen and oxygen atoms in total. The molecular weight excluding hydrogens is 236 g/mol. The predicted molar refractivity (Wildman–Crippen MR) is 79.2 cm³/mol. The molecule has 2 heterocycles. The SMILES string of the molecule is Cn1cc(CCN2CCCNC(C(C)(C)C)C2)cn1. The van der Waals surface area contributed by atoms with Crippen LogP contribution in [0, 0.1) is 5.41 Å². The molecule has 1 saturated heterocycles. The summed E-state index contributed by atoms with van der Waals surface area (Å²) in [6.45, 7) is 11.6. The molecule has 1 aliphatic heterocycles. The number of aromatic nitrogens is 2. The Labute approximate surface area is 117 Å². The molecule has 0 saturated carbocycles. The highest BCUT2D eigenvalue weighted by Crippen LogP contribution is 2.21. The lowest BCUT2D eigenvalue weighted by Crippen LogP contribution is -2.46. The van der Waals surface area contributed by atoms with Gasteiger partial charge in [-0.3, -0.25) is 4.68 Å². The molecule has 0 bridgehead atoms. The minimum atomic E-state index is 0.330. The highest BCUT2D eigenvalue weighted by molar-refractivity contribution is 5.04. The van der Waals surface area contributed by atoms with Gasteiger partial charge in [0.15, 0.2) is 0 Å². The van der Waals surface area contributed by atoms with Crippen molar-refractivity contribution in [2.45, 2.75) is 39.7 Å². The zero-order valence-corrected chi connectivity index (χ0v) is 12.8. The standard InChI is InChI=1S/C15H28N4/c1-15(2,3)14-12-19(8-5-7-16-14)9-6-13-10-17-18(4)11-13/h10-11,14,16H,5-9,12H2,1-4H3. The molecule has 4 heteroatoms. The van der Waals surface area contributed by atoms with Gasteiger partial charge in [0, 0.05) is 32.4 Å². The van der Waals surface area contributed by atoms with Gasteiger partial charge >= 0.3 is 0 Å². The molecule has 0 aliphatic carbocycles. The van der Waals surface area contributed by atoms with E-state index in [-0.39, 0.29) is 0 Å². The number of hydrogen-bond donors (Lipinski definition) is 1. The van der Waals surface area contributed by atoms with Crippen LogP contribution in [0.2, 0.25) is 0 Å². The monoisotopic (exact) mass is 264 g/mol. The van der Waals surface area contributed by atoms with Crippen molar-refractivity contribution in [3.8, 4) is 0 Å². The predicted octanol–water partition coefficient (Wildman–Crippen LogP) is 1.67. The number of nitrogens with one attached hydrogen (secondary N) is 1. The maximum absolute atomic E-state index is 4.24. The van der Waals surface area contributed by atoms with E-state index in [0.717, 1.165) is 26.1 Å². The first-order valence-electron chi connectivity index (χ1n) is 7.38. The molecule has 0 radical (unpaired) electrons. The van der Waals surface area contributed by atoms with E-state index in [1.165, 1.54) is 18.5 Å². The Morgan fingerprint density at radius 1 is 1.42 bits per heavy atom. The van der Waals surface area contributed by atoms with E-state index in [4.69, 9.17) is 0 Å². The van der Waals surface area contributed by atoms with Crippen LogP contribution in [0.1, 0.15) is 32.8 Å². The molecule has 2 rings (SSSR count). The van der Waals surface area contributed by atoms with Gasteiger partial charge in [-0.2, -0.15) is 5.10 Å². The van der Waals surface area contributed by atoms with E-state index >= 15 is 0 Å². The van der Waals surface area contributed by atoms with Gasteiger partial charge in [0.2, 0.25) is 0 Å². The molecule has 1 aromatic rings. The van der Waals surface area contributed by atoms with E-state index in [0.29, 0.717) is 11.5 Å². The molecule has 1 aromatic heterocycles. The van der Waals surface area contributed by atoms with Crippen LogP contribution in [0.25, 0.3) is 0 Å². The second kappa shape index (κ2) is 6.06. The molecule has 0 amide bonds. The van der Waals surface area contributed by atoms with Crippen LogP contribution < -0.4 is 5.32 Å². The quantitative estimate of drug-likeness (QED) is 0.901. The van der Waals surface area contributed by atoms with Gasteiger partial charge in [-0.25, -0.2) is 0 Å². The zero-order chi connectivity index (χ0) is 13.9. The van der Waals surface area contributed by atoms with Crippen molar-refractivity contribution in [2.24, 2.45) is 12.5 Å². The molecule has 1 unspecified atom stereocenters. The van der Waals surface area contributed by atoms with Crippen LogP contribution in [0.4, 0.5) is 0 Å². The molecule has 0 spiro atoms. The van der Waals surface area contributed by atoms with Gasteiger partial charge in [-0.05, 0) is 36.9 Å². The first-order chi connectivity index (χ1) is 8.95. The van der Waals surface area contributed by atoms with Crippen LogP contribution >= 0.6 is 0 Å². The molecule has 1 aliphatic rings. The Morgan fingerprint density at radius 3 is 2.84 bits per heavy atom. The summed E-state index contributed by atoms with van der Waals surface area (Å²) in [5.41, 5.74) is 1.67. The highest BCUT2D eigenvalue weighted by Gasteiger charge is 2.27. The van der Waals surface area contributed by atoms with Gasteiger partial charge in [-0.1, -0.05) is 20.8 Å². The lowest BCUT2D eigenvalue weighted by molar-refractivity contribution is 0.198. The first-order valence-corrected chi connectivity index (χ1v) is 7.38. The third-order valence-corrected chi connectivity index (χ3v) is 4.00. The van der Waals surface area contributed by atoms with Gasteiger partial charge in [0.25, 0.3) is 0 Å². The summed E-state index contributed by atoms with van der Waals surface area (Å²) in [5.74, 6) is 0. The average Bonchev–Trinajstić information content (AvgIpc) is 2.61. The summed E-state index contributed by atoms with van der Waals surface area (Å²) in [5, 5.41) is 7.93. The van der Waals surface area contributed by atoms with Crippen LogP contribution in [-0.2, 0) is 13.5 Å². The van der Waals surface area contributed by atoms with E-state index in [2.05, 4.69) is 42.3 Å². The van der Waals surface area contributed by atoms with Gasteiger partial charge in [0.1, 0.15) is 0 Å². The summed E-state index contributed by atoms with van der Waals surface area (Å²) >= 11 is 0.